The molecule has 0 spiro atoms. The van der Waals surface area contributed by atoms with E-state index < -0.39 is 41.1 Å². The summed E-state index contributed by atoms with van der Waals surface area (Å²) in [6, 6.07) is 0. The minimum atomic E-state index is -8.55. The van der Waals surface area contributed by atoms with Crippen LogP contribution in [0.5, 0.6) is 0 Å². The van der Waals surface area contributed by atoms with Crippen LogP contribution in [0.15, 0.2) is 0 Å². The Kier molecular flexibility index (Phi) is 14.0. The smallest absolute Gasteiger partial charge is 1.00 e. The Balaban J connectivity index is -0.0000000440. The monoisotopic (exact) mass is 480 g/mol. The van der Waals surface area contributed by atoms with E-state index in [0.717, 1.165) is 0 Å². The van der Waals surface area contributed by atoms with Gasteiger partial charge in [0.05, 0.1) is 0 Å². The van der Waals surface area contributed by atoms with Crippen LogP contribution in [0, 0.1) is 0 Å². The summed E-state index contributed by atoms with van der Waals surface area (Å²) in [7, 11) is -29.4. The molecule has 25 heavy (non-hydrogen) atoms. The van der Waals surface area contributed by atoms with Gasteiger partial charge in [-0.2, -0.15) is 25.6 Å². The van der Waals surface area contributed by atoms with Crippen LogP contribution in [-0.4, -0.2) is 30.5 Å². The summed E-state index contributed by atoms with van der Waals surface area (Å²) in [6.45, 7) is 0. The molecule has 24 heteroatoms. The van der Waals surface area contributed by atoms with Crippen LogP contribution in [0.25, 0.3) is 0 Å². The van der Waals surface area contributed by atoms with E-state index in [1.54, 1.807) is 0 Å². The molecule has 0 aliphatic heterocycles. The van der Waals surface area contributed by atoms with Crippen molar-refractivity contribution >= 4 is 36.6 Å². The molecule has 0 aliphatic carbocycles. The molecule has 2 N–H and O–H groups in total. The fraction of sp³-hybridized carbons (Fsp3) is 1.00. The maximum absolute atomic E-state index is 11.8. The van der Waals surface area contributed by atoms with Crippen LogP contribution in [0.4, 0.5) is 50.7 Å². The van der Waals surface area contributed by atoms with Gasteiger partial charge in [-0.05, 0) is 0 Å². The van der Waals surface area contributed by atoms with E-state index in [1.807, 2.05) is 0 Å². The van der Waals surface area contributed by atoms with E-state index in [0.29, 0.717) is 0 Å². The van der Waals surface area contributed by atoms with Crippen LogP contribution < -0.4 is 37.7 Å². The molecule has 0 fully saturated rings. The first-order chi connectivity index (χ1) is 8.97. The predicted octanol–water partition coefficient (Wildman–Crippen LogP) is -0.530. The Hall–Kier alpha value is 1.03. The van der Waals surface area contributed by atoms with Crippen molar-refractivity contribution in [2.45, 2.75) is 4.59 Å². The molecule has 0 rings (SSSR count). The molecule has 0 saturated heterocycles. The molecule has 0 saturated carbocycles. The number of hydrogen-bond acceptors (Lipinski definition) is 4. The average Bonchev–Trinajstić information content (AvgIpc) is 1.87. The molecular formula is CH4F12Li2O6P2S2. The topological polar surface area (TPSA) is 109 Å². The number of alkyl halides is 2. The van der Waals surface area contributed by atoms with Crippen molar-refractivity contribution in [2.24, 2.45) is 0 Å². The van der Waals surface area contributed by atoms with E-state index in [9.17, 15) is 67.6 Å². The van der Waals surface area contributed by atoms with Crippen molar-refractivity contribution in [3.05, 3.63) is 0 Å². The molecule has 0 amide bonds. The van der Waals surface area contributed by atoms with Gasteiger partial charge in [0.2, 0.25) is 0 Å². The van der Waals surface area contributed by atoms with E-state index in [1.165, 1.54) is 0 Å². The van der Waals surface area contributed by atoms with E-state index >= 15 is 0 Å². The molecule has 0 atom stereocenters. The zero-order chi connectivity index (χ0) is 20.4. The van der Waals surface area contributed by atoms with Gasteiger partial charge < -0.3 is 2.85 Å². The molecule has 0 heterocycles. The van der Waals surface area contributed by atoms with Crippen LogP contribution in [-0.2, 0) is 20.2 Å². The fourth-order valence-corrected chi connectivity index (χ4v) is 1.20. The second kappa shape index (κ2) is 9.49. The first-order valence-corrected chi connectivity index (χ1v) is 9.77. The molecule has 0 aromatic rings. The third-order valence-corrected chi connectivity index (χ3v) is 3.07. The second-order valence-electron chi connectivity index (χ2n) is 2.69. The normalized spacial score (nSPS) is 15.8. The third-order valence-electron chi connectivity index (χ3n) is 0.601. The van der Waals surface area contributed by atoms with Gasteiger partial charge in [-0.3, -0.25) is 9.11 Å². The molecule has 152 valence electrons. The van der Waals surface area contributed by atoms with Crippen molar-refractivity contribution in [3.63, 3.8) is 0 Å². The van der Waals surface area contributed by atoms with Crippen molar-refractivity contribution < 1.29 is 117 Å². The van der Waals surface area contributed by atoms with Crippen molar-refractivity contribution in [1.82, 2.24) is 0 Å². The van der Waals surface area contributed by atoms with Crippen LogP contribution in [0.2, 0.25) is 0 Å². The third kappa shape index (κ3) is 36.7. The van der Waals surface area contributed by atoms with Gasteiger partial charge in [0.15, 0.2) is 0 Å². The number of halogens is 12. The Morgan fingerprint density at radius 1 is 0.600 bits per heavy atom. The molecule has 0 aliphatic rings. The summed E-state index contributed by atoms with van der Waals surface area (Å²) in [4.78, 5) is 0. The Bertz CT molecular complexity index is 536. The molecule has 0 unspecified atom stereocenters. The van der Waals surface area contributed by atoms with Gasteiger partial charge in [0, 0.05) is 0 Å². The van der Waals surface area contributed by atoms with E-state index in [2.05, 4.69) is 0 Å². The maximum atomic E-state index is 11.8. The van der Waals surface area contributed by atoms with Gasteiger partial charge in [0.25, 0.3) is 0 Å². The largest absolute Gasteiger partial charge is 1.00 e. The van der Waals surface area contributed by atoms with Gasteiger partial charge >= 0.3 is 121 Å². The average molecular weight is 480 g/mol. The standard InChI is InChI=1S/CH2F2O6S2.2F5P.2Li.2H/c2-1(3,10(4,5)6)11(7,8)9;2*1-6(2,3,4)5;;;;/h(H,4,5,6)(H,7,8,9);;;;;;/q;;;2*+1;2*-1. The van der Waals surface area contributed by atoms with Crippen molar-refractivity contribution in [1.29, 1.82) is 0 Å². The molecule has 0 radical (unpaired) electrons. The summed E-state index contributed by atoms with van der Waals surface area (Å²) in [5.74, 6) is 0. The zero-order valence-corrected chi connectivity index (χ0v) is 14.7. The molecule has 6 nitrogen and oxygen atoms in total. The van der Waals surface area contributed by atoms with Crippen LogP contribution >= 0.6 is 16.3 Å². The summed E-state index contributed by atoms with van der Waals surface area (Å²) in [6.07, 6.45) is 0. The first kappa shape index (κ1) is 36.9. The number of hydrogen-bond donors (Lipinski definition) is 2. The summed E-state index contributed by atoms with van der Waals surface area (Å²) in [5.41, 5.74) is 0. The van der Waals surface area contributed by atoms with E-state index in [4.69, 9.17) is 9.11 Å². The van der Waals surface area contributed by atoms with E-state index in [-0.39, 0.29) is 40.6 Å². The van der Waals surface area contributed by atoms with Gasteiger partial charge in [-0.1, -0.05) is 0 Å². The number of rotatable bonds is 2. The zero-order valence-electron chi connectivity index (χ0n) is 13.3. The first-order valence-electron chi connectivity index (χ1n) is 3.51. The second-order valence-corrected chi connectivity index (χ2v) is 8.43. The fourth-order valence-electron chi connectivity index (χ4n) is 0.133. The Morgan fingerprint density at radius 2 is 0.680 bits per heavy atom. The summed E-state index contributed by atoms with van der Waals surface area (Å²) in [5, 5.41) is 0. The minimum Gasteiger partial charge on any atom is -1.00 e. The Labute approximate surface area is 158 Å². The van der Waals surface area contributed by atoms with Crippen LogP contribution in [0.1, 0.15) is 2.85 Å². The quantitative estimate of drug-likeness (QED) is 0.238. The van der Waals surface area contributed by atoms with Crippen molar-refractivity contribution in [2.75, 3.05) is 0 Å². The summed E-state index contributed by atoms with van der Waals surface area (Å²) < 4.78 is 170. The van der Waals surface area contributed by atoms with Gasteiger partial charge in [-0.15, -0.1) is 0 Å². The molecule has 0 bridgehead atoms. The maximum Gasteiger partial charge on any atom is 1.00 e. The summed E-state index contributed by atoms with van der Waals surface area (Å²) >= 11 is 0. The molecular weight excluding hydrogens is 476 g/mol. The van der Waals surface area contributed by atoms with Gasteiger partial charge in [-0.25, -0.2) is 0 Å². The minimum absolute atomic E-state index is 0. The SMILES string of the molecule is FP(F)(F)(F)F.FP(F)(F)(F)F.O=S(=O)(O)C(F)(F)S(=O)(=O)O.[H-].[H-].[Li+].[Li+]. The van der Waals surface area contributed by atoms with Gasteiger partial charge in [0.1, 0.15) is 0 Å². The Morgan fingerprint density at radius 3 is 0.680 bits per heavy atom. The van der Waals surface area contributed by atoms with Crippen molar-refractivity contribution in [3.8, 4) is 0 Å². The predicted molar refractivity (Wildman–Crippen MR) is 55.2 cm³/mol. The molecule has 0 aromatic heterocycles. The van der Waals surface area contributed by atoms with Crippen LogP contribution in [0.3, 0.4) is 0 Å². The molecule has 0 aromatic carbocycles.